The number of amides is 1. The molecule has 5 heteroatoms. The topological polar surface area (TPSA) is 66.8 Å². The summed E-state index contributed by atoms with van der Waals surface area (Å²) in [6.45, 7) is 9.11. The average molecular weight is 243 g/mol. The number of hydrogen-bond donors (Lipinski definition) is 1. The van der Waals surface area contributed by atoms with Crippen LogP contribution in [0.4, 0.5) is 4.79 Å². The van der Waals surface area contributed by atoms with Crippen molar-refractivity contribution in [2.24, 2.45) is 5.92 Å². The molecule has 0 aromatic carbocycles. The van der Waals surface area contributed by atoms with Gasteiger partial charge in [-0.3, -0.25) is 4.90 Å². The molecule has 1 rings (SSSR count). The minimum absolute atomic E-state index is 0.106. The molecule has 17 heavy (non-hydrogen) atoms. The Balaban J connectivity index is 2.85. The zero-order chi connectivity index (χ0) is 13.4. The molecule has 1 amide bonds. The zero-order valence-electron chi connectivity index (χ0n) is 11.1. The monoisotopic (exact) mass is 243 g/mol. The lowest BCUT2D eigenvalue weighted by molar-refractivity contribution is -0.142. The molecule has 98 valence electrons. The molecule has 1 fully saturated rings. The minimum Gasteiger partial charge on any atom is -0.480 e. The summed E-state index contributed by atoms with van der Waals surface area (Å²) in [6, 6.07) is -0.874. The van der Waals surface area contributed by atoms with Gasteiger partial charge in [-0.2, -0.15) is 0 Å². The van der Waals surface area contributed by atoms with E-state index < -0.39 is 23.7 Å². The van der Waals surface area contributed by atoms with Gasteiger partial charge in [-0.1, -0.05) is 6.92 Å². The van der Waals surface area contributed by atoms with Gasteiger partial charge in [0.25, 0.3) is 0 Å². The van der Waals surface area contributed by atoms with Gasteiger partial charge in [-0.05, 0) is 40.0 Å². The lowest BCUT2D eigenvalue weighted by Gasteiger charge is -2.30. The molecule has 1 saturated heterocycles. The van der Waals surface area contributed by atoms with E-state index in [-0.39, 0.29) is 12.0 Å². The SMILES string of the molecule is C[C@H]1C[C@@H](C(=O)O)N(C(=O)OC(C)(C)C)[C@H]1C. The van der Waals surface area contributed by atoms with E-state index in [9.17, 15) is 9.59 Å². The van der Waals surface area contributed by atoms with E-state index in [1.165, 1.54) is 4.90 Å². The number of aliphatic carboxylic acids is 1. The highest BCUT2D eigenvalue weighted by Gasteiger charge is 2.44. The van der Waals surface area contributed by atoms with Crippen molar-refractivity contribution in [2.45, 2.75) is 58.7 Å². The Bertz CT molecular complexity index is 321. The Morgan fingerprint density at radius 2 is 1.82 bits per heavy atom. The molecule has 1 aliphatic rings. The third-order valence-corrected chi connectivity index (χ3v) is 3.08. The van der Waals surface area contributed by atoms with E-state index in [4.69, 9.17) is 9.84 Å². The van der Waals surface area contributed by atoms with Crippen LogP contribution in [0, 0.1) is 5.92 Å². The first-order valence-electron chi connectivity index (χ1n) is 5.87. The number of carbonyl (C=O) groups excluding carboxylic acids is 1. The van der Waals surface area contributed by atoms with Gasteiger partial charge in [0.1, 0.15) is 11.6 Å². The second-order valence-corrected chi connectivity index (χ2v) is 5.70. The van der Waals surface area contributed by atoms with Crippen LogP contribution >= 0.6 is 0 Å². The quantitative estimate of drug-likeness (QED) is 0.766. The fraction of sp³-hybridized carbons (Fsp3) is 0.833. The molecule has 0 unspecified atom stereocenters. The third kappa shape index (κ3) is 3.11. The van der Waals surface area contributed by atoms with Crippen LogP contribution in [0.15, 0.2) is 0 Å². The molecule has 0 radical (unpaired) electrons. The van der Waals surface area contributed by atoms with Gasteiger partial charge in [-0.25, -0.2) is 9.59 Å². The largest absolute Gasteiger partial charge is 0.480 e. The molecular weight excluding hydrogens is 222 g/mol. The lowest BCUT2D eigenvalue weighted by Crippen LogP contribution is -2.46. The lowest BCUT2D eigenvalue weighted by atomic mass is 10.0. The van der Waals surface area contributed by atoms with Gasteiger partial charge < -0.3 is 9.84 Å². The van der Waals surface area contributed by atoms with Crippen molar-refractivity contribution >= 4 is 12.1 Å². The molecule has 3 atom stereocenters. The van der Waals surface area contributed by atoms with Crippen LogP contribution in [0.5, 0.6) is 0 Å². The Labute approximate surface area is 102 Å². The summed E-state index contributed by atoms with van der Waals surface area (Å²) in [5.41, 5.74) is -0.605. The number of carboxylic acid groups (broad SMARTS) is 1. The summed E-state index contributed by atoms with van der Waals surface area (Å²) in [6.07, 6.45) is -0.0582. The van der Waals surface area contributed by atoms with Crippen molar-refractivity contribution in [3.63, 3.8) is 0 Å². The van der Waals surface area contributed by atoms with Gasteiger partial charge in [0.05, 0.1) is 0 Å². The summed E-state index contributed by atoms with van der Waals surface area (Å²) in [7, 11) is 0. The molecule has 0 bridgehead atoms. The fourth-order valence-electron chi connectivity index (χ4n) is 2.05. The summed E-state index contributed by atoms with van der Waals surface area (Å²) in [5, 5.41) is 9.12. The van der Waals surface area contributed by atoms with Gasteiger partial charge in [0.15, 0.2) is 0 Å². The molecular formula is C12H21NO4. The first-order valence-corrected chi connectivity index (χ1v) is 5.87. The maximum absolute atomic E-state index is 12.0. The van der Waals surface area contributed by atoms with Crippen LogP contribution in [-0.4, -0.2) is 39.8 Å². The molecule has 5 nitrogen and oxygen atoms in total. The molecule has 0 saturated carbocycles. The highest BCUT2D eigenvalue weighted by atomic mass is 16.6. The summed E-state index contributed by atoms with van der Waals surface area (Å²) in [5.74, 6) is -0.796. The maximum Gasteiger partial charge on any atom is 0.411 e. The first kappa shape index (κ1) is 13.8. The van der Waals surface area contributed by atoms with Crippen LogP contribution in [0.3, 0.4) is 0 Å². The highest BCUT2D eigenvalue weighted by Crippen LogP contribution is 2.31. The van der Waals surface area contributed by atoms with Gasteiger partial charge >= 0.3 is 12.1 Å². The van der Waals surface area contributed by atoms with E-state index in [1.54, 1.807) is 20.8 Å². The molecule has 0 aliphatic carbocycles. The van der Waals surface area contributed by atoms with Crippen molar-refractivity contribution < 1.29 is 19.4 Å². The van der Waals surface area contributed by atoms with Crippen molar-refractivity contribution in [1.82, 2.24) is 4.90 Å². The number of nitrogens with zero attached hydrogens (tertiary/aromatic N) is 1. The van der Waals surface area contributed by atoms with Crippen molar-refractivity contribution in [2.75, 3.05) is 0 Å². The zero-order valence-corrected chi connectivity index (χ0v) is 11.1. The van der Waals surface area contributed by atoms with Gasteiger partial charge in [0.2, 0.25) is 0 Å². The predicted octanol–water partition coefficient (Wildman–Crippen LogP) is 2.10. The second-order valence-electron chi connectivity index (χ2n) is 5.70. The highest BCUT2D eigenvalue weighted by molar-refractivity contribution is 5.81. The number of carboxylic acids is 1. The van der Waals surface area contributed by atoms with Crippen LogP contribution in [0.2, 0.25) is 0 Å². The normalized spacial score (nSPS) is 29.2. The number of ether oxygens (including phenoxy) is 1. The Morgan fingerprint density at radius 3 is 2.24 bits per heavy atom. The molecule has 1 heterocycles. The Morgan fingerprint density at radius 1 is 1.29 bits per heavy atom. The van der Waals surface area contributed by atoms with E-state index >= 15 is 0 Å². The summed E-state index contributed by atoms with van der Waals surface area (Å²) >= 11 is 0. The molecule has 1 aliphatic heterocycles. The Kier molecular flexibility index (Phi) is 3.69. The van der Waals surface area contributed by atoms with Crippen LogP contribution < -0.4 is 0 Å². The summed E-state index contributed by atoms with van der Waals surface area (Å²) < 4.78 is 5.24. The maximum atomic E-state index is 12.0. The number of likely N-dealkylation sites (tertiary alicyclic amines) is 1. The van der Waals surface area contributed by atoms with Gasteiger partial charge in [-0.15, -0.1) is 0 Å². The first-order chi connectivity index (χ1) is 7.63. The van der Waals surface area contributed by atoms with E-state index in [2.05, 4.69) is 0 Å². The van der Waals surface area contributed by atoms with Crippen molar-refractivity contribution in [3.8, 4) is 0 Å². The van der Waals surface area contributed by atoms with Gasteiger partial charge in [0, 0.05) is 6.04 Å². The molecule has 0 aromatic rings. The van der Waals surface area contributed by atoms with E-state index in [0.29, 0.717) is 6.42 Å². The smallest absolute Gasteiger partial charge is 0.411 e. The molecule has 0 spiro atoms. The standard InChI is InChI=1S/C12H21NO4/c1-7-6-9(10(14)15)13(8(7)2)11(16)17-12(3,4)5/h7-9H,6H2,1-5H3,(H,14,15)/t7-,8-,9-/m0/s1. The fourth-order valence-corrected chi connectivity index (χ4v) is 2.05. The van der Waals surface area contributed by atoms with Crippen LogP contribution in [0.1, 0.15) is 41.0 Å². The van der Waals surface area contributed by atoms with Crippen LogP contribution in [-0.2, 0) is 9.53 Å². The number of carbonyl (C=O) groups is 2. The average Bonchev–Trinajstić information content (AvgIpc) is 2.40. The van der Waals surface area contributed by atoms with E-state index in [1.807, 2.05) is 13.8 Å². The Hall–Kier alpha value is -1.26. The second kappa shape index (κ2) is 4.55. The molecule has 1 N–H and O–H groups in total. The number of hydrogen-bond acceptors (Lipinski definition) is 3. The predicted molar refractivity (Wildman–Crippen MR) is 62.7 cm³/mol. The van der Waals surface area contributed by atoms with E-state index in [0.717, 1.165) is 0 Å². The van der Waals surface area contributed by atoms with Crippen LogP contribution in [0.25, 0.3) is 0 Å². The third-order valence-electron chi connectivity index (χ3n) is 3.08. The summed E-state index contributed by atoms with van der Waals surface area (Å²) in [4.78, 5) is 24.4. The molecule has 0 aromatic heterocycles. The van der Waals surface area contributed by atoms with Crippen molar-refractivity contribution in [3.05, 3.63) is 0 Å². The van der Waals surface area contributed by atoms with Crippen molar-refractivity contribution in [1.29, 1.82) is 0 Å². The number of rotatable bonds is 1. The minimum atomic E-state index is -0.966.